The summed E-state index contributed by atoms with van der Waals surface area (Å²) < 4.78 is 0. The summed E-state index contributed by atoms with van der Waals surface area (Å²) in [6.45, 7) is 6.12. The van der Waals surface area contributed by atoms with E-state index in [9.17, 15) is 0 Å². The zero-order chi connectivity index (χ0) is 9.68. The molecule has 1 aliphatic carbocycles. The molecule has 0 saturated carbocycles. The second kappa shape index (κ2) is 5.00. The van der Waals surface area contributed by atoms with Gasteiger partial charge in [-0.3, -0.25) is 4.99 Å². The van der Waals surface area contributed by atoms with Crippen LogP contribution in [-0.4, -0.2) is 12.3 Å². The third-order valence-electron chi connectivity index (χ3n) is 2.35. The number of hydrogen-bond donors (Lipinski definition) is 0. The van der Waals surface area contributed by atoms with Crippen LogP contribution >= 0.6 is 0 Å². The highest BCUT2D eigenvalue weighted by atomic mass is 14.7. The van der Waals surface area contributed by atoms with Gasteiger partial charge in [0.15, 0.2) is 0 Å². The van der Waals surface area contributed by atoms with Crippen molar-refractivity contribution in [2.24, 2.45) is 4.99 Å². The van der Waals surface area contributed by atoms with Crippen LogP contribution in [0.3, 0.4) is 0 Å². The molecule has 0 aromatic heterocycles. The Balaban J connectivity index is 0.000000396. The van der Waals surface area contributed by atoms with E-state index in [4.69, 9.17) is 0 Å². The predicted octanol–water partition coefficient (Wildman–Crippen LogP) is 3.52. The van der Waals surface area contributed by atoms with Crippen LogP contribution in [0.2, 0.25) is 0 Å². The van der Waals surface area contributed by atoms with Gasteiger partial charge in [0.05, 0.1) is 6.04 Å². The quantitative estimate of drug-likeness (QED) is 0.537. The Morgan fingerprint density at radius 2 is 1.92 bits per heavy atom. The van der Waals surface area contributed by atoms with E-state index < -0.39 is 0 Å². The highest BCUT2D eigenvalue weighted by Crippen LogP contribution is 2.27. The molecule has 0 bridgehead atoms. The smallest absolute Gasteiger partial charge is 0.0654 e. The summed E-state index contributed by atoms with van der Waals surface area (Å²) in [5.74, 6) is 0. The number of hydrogen-bond acceptors (Lipinski definition) is 1. The first-order valence-corrected chi connectivity index (χ1v) is 5.29. The van der Waals surface area contributed by atoms with Gasteiger partial charge in [0.1, 0.15) is 0 Å². The van der Waals surface area contributed by atoms with Crippen LogP contribution in [0.5, 0.6) is 0 Å². The van der Waals surface area contributed by atoms with Crippen LogP contribution < -0.4 is 0 Å². The SMILES string of the molecule is CC.CC1C=CC2=C(C=N1)CCC2. The van der Waals surface area contributed by atoms with Crippen LogP contribution in [0.25, 0.3) is 0 Å². The van der Waals surface area contributed by atoms with E-state index >= 15 is 0 Å². The molecule has 0 aromatic rings. The van der Waals surface area contributed by atoms with Gasteiger partial charge in [-0.2, -0.15) is 0 Å². The summed E-state index contributed by atoms with van der Waals surface area (Å²) in [6, 6.07) is 0.376. The topological polar surface area (TPSA) is 12.4 Å². The largest absolute Gasteiger partial charge is 0.286 e. The molecule has 1 nitrogen and oxygen atoms in total. The van der Waals surface area contributed by atoms with Gasteiger partial charge in [0.25, 0.3) is 0 Å². The summed E-state index contributed by atoms with van der Waals surface area (Å²) in [4.78, 5) is 4.40. The maximum Gasteiger partial charge on any atom is 0.0654 e. The zero-order valence-electron chi connectivity index (χ0n) is 8.88. The lowest BCUT2D eigenvalue weighted by Crippen LogP contribution is -1.90. The maximum absolute atomic E-state index is 4.40. The standard InChI is InChI=1S/C10H13N.C2H6/c1-8-5-6-9-3-2-4-10(9)7-11-8;1-2/h5-8H,2-4H2,1H3;1-2H3. The average molecular weight is 177 g/mol. The first-order valence-electron chi connectivity index (χ1n) is 5.29. The van der Waals surface area contributed by atoms with Gasteiger partial charge in [-0.25, -0.2) is 0 Å². The Morgan fingerprint density at radius 3 is 2.69 bits per heavy atom. The molecule has 0 spiro atoms. The molecule has 1 aliphatic heterocycles. The van der Waals surface area contributed by atoms with Crippen molar-refractivity contribution < 1.29 is 0 Å². The van der Waals surface area contributed by atoms with Gasteiger partial charge in [-0.05, 0) is 37.3 Å². The van der Waals surface area contributed by atoms with Crippen molar-refractivity contribution in [3.05, 3.63) is 23.3 Å². The van der Waals surface area contributed by atoms with Crippen molar-refractivity contribution in [1.82, 2.24) is 0 Å². The van der Waals surface area contributed by atoms with Crippen molar-refractivity contribution in [3.63, 3.8) is 0 Å². The van der Waals surface area contributed by atoms with Crippen LogP contribution in [0.1, 0.15) is 40.0 Å². The summed E-state index contributed by atoms with van der Waals surface area (Å²) in [7, 11) is 0. The molecule has 0 radical (unpaired) electrons. The van der Waals surface area contributed by atoms with Gasteiger partial charge >= 0.3 is 0 Å². The fourth-order valence-electron chi connectivity index (χ4n) is 1.64. The van der Waals surface area contributed by atoms with E-state index in [1.165, 1.54) is 30.4 Å². The fourth-order valence-corrected chi connectivity index (χ4v) is 1.64. The van der Waals surface area contributed by atoms with Gasteiger partial charge in [0, 0.05) is 6.21 Å². The molecule has 1 unspecified atom stereocenters. The lowest BCUT2D eigenvalue weighted by molar-refractivity contribution is 0.893. The number of allylic oxidation sites excluding steroid dienone is 3. The Bertz CT molecular complexity index is 222. The van der Waals surface area contributed by atoms with E-state index in [0.717, 1.165) is 0 Å². The highest BCUT2D eigenvalue weighted by Gasteiger charge is 2.12. The molecule has 0 fully saturated rings. The Labute approximate surface area is 81.3 Å². The Morgan fingerprint density at radius 1 is 1.23 bits per heavy atom. The molecule has 0 N–H and O–H groups in total. The number of nitrogens with zero attached hydrogens (tertiary/aromatic N) is 1. The van der Waals surface area contributed by atoms with Crippen molar-refractivity contribution >= 4 is 6.21 Å². The van der Waals surface area contributed by atoms with Crippen LogP contribution in [0.15, 0.2) is 28.3 Å². The minimum Gasteiger partial charge on any atom is -0.286 e. The maximum atomic E-state index is 4.40. The molecule has 13 heavy (non-hydrogen) atoms. The highest BCUT2D eigenvalue weighted by molar-refractivity contribution is 5.82. The van der Waals surface area contributed by atoms with Gasteiger partial charge in [-0.1, -0.05) is 26.0 Å². The van der Waals surface area contributed by atoms with Crippen LogP contribution in [-0.2, 0) is 0 Å². The summed E-state index contributed by atoms with van der Waals surface area (Å²) in [6.07, 6.45) is 10.3. The van der Waals surface area contributed by atoms with Gasteiger partial charge in [0.2, 0.25) is 0 Å². The minimum atomic E-state index is 0.376. The second-order valence-corrected chi connectivity index (χ2v) is 3.28. The molecule has 2 aliphatic rings. The summed E-state index contributed by atoms with van der Waals surface area (Å²) >= 11 is 0. The number of rotatable bonds is 0. The minimum absolute atomic E-state index is 0.376. The summed E-state index contributed by atoms with van der Waals surface area (Å²) in [5, 5.41) is 0. The monoisotopic (exact) mass is 177 g/mol. The van der Waals surface area contributed by atoms with E-state index in [2.05, 4.69) is 30.3 Å². The van der Waals surface area contributed by atoms with Crippen LogP contribution in [0.4, 0.5) is 0 Å². The molecule has 0 aromatic carbocycles. The average Bonchev–Trinajstić information content (AvgIpc) is 2.56. The van der Waals surface area contributed by atoms with Crippen molar-refractivity contribution in [3.8, 4) is 0 Å². The first-order chi connectivity index (χ1) is 6.36. The Kier molecular flexibility index (Phi) is 3.94. The first kappa shape index (κ1) is 10.2. The van der Waals surface area contributed by atoms with Gasteiger partial charge < -0.3 is 0 Å². The number of aliphatic imine (C=N–C) groups is 1. The zero-order valence-corrected chi connectivity index (χ0v) is 8.88. The molecule has 2 rings (SSSR count). The van der Waals surface area contributed by atoms with Crippen molar-refractivity contribution in [2.75, 3.05) is 0 Å². The molecule has 0 amide bonds. The van der Waals surface area contributed by atoms with E-state index in [-0.39, 0.29) is 0 Å². The third kappa shape index (κ3) is 2.55. The second-order valence-electron chi connectivity index (χ2n) is 3.28. The fraction of sp³-hybridized carbons (Fsp3) is 0.583. The van der Waals surface area contributed by atoms with Crippen molar-refractivity contribution in [2.45, 2.75) is 46.1 Å². The van der Waals surface area contributed by atoms with Gasteiger partial charge in [-0.15, -0.1) is 0 Å². The predicted molar refractivity (Wildman–Crippen MR) is 59.3 cm³/mol. The van der Waals surface area contributed by atoms with Crippen LogP contribution in [0, 0.1) is 0 Å². The summed E-state index contributed by atoms with van der Waals surface area (Å²) in [5.41, 5.74) is 2.98. The lowest BCUT2D eigenvalue weighted by atomic mass is 10.1. The molecule has 1 atom stereocenters. The van der Waals surface area contributed by atoms with E-state index in [0.29, 0.717) is 6.04 Å². The molecular formula is C12H19N. The molecular weight excluding hydrogens is 158 g/mol. The molecule has 0 saturated heterocycles. The van der Waals surface area contributed by atoms with Crippen molar-refractivity contribution in [1.29, 1.82) is 0 Å². The Hall–Kier alpha value is -0.850. The molecule has 1 heterocycles. The third-order valence-corrected chi connectivity index (χ3v) is 2.35. The van der Waals surface area contributed by atoms with E-state index in [1.807, 2.05) is 13.8 Å². The molecule has 1 heteroatoms. The lowest BCUT2D eigenvalue weighted by Gasteiger charge is -1.94. The normalized spacial score (nSPS) is 25.0. The van der Waals surface area contributed by atoms with E-state index in [1.54, 1.807) is 0 Å². The molecule has 72 valence electrons.